The fourth-order valence-corrected chi connectivity index (χ4v) is 2.04. The molecule has 1 fully saturated rings. The van der Waals surface area contributed by atoms with Gasteiger partial charge in [-0.05, 0) is 5.56 Å². The lowest BCUT2D eigenvalue weighted by atomic mass is 10.1. The molecular formula is C12H13ClO3. The molecule has 1 aliphatic rings. The number of alkyl halides is 1. The lowest BCUT2D eigenvalue weighted by molar-refractivity contribution is -0.172. The first-order chi connectivity index (χ1) is 7.66. The van der Waals surface area contributed by atoms with E-state index in [1.165, 1.54) is 6.92 Å². The Hall–Kier alpha value is -1.06. The molecule has 0 aliphatic carbocycles. The average Bonchev–Trinajstić information content (AvgIpc) is 2.61. The molecule has 2 rings (SSSR count). The van der Waals surface area contributed by atoms with Crippen molar-refractivity contribution in [3.05, 3.63) is 35.9 Å². The van der Waals surface area contributed by atoms with Gasteiger partial charge in [0.15, 0.2) is 0 Å². The Labute approximate surface area is 99.3 Å². The zero-order valence-corrected chi connectivity index (χ0v) is 9.68. The molecule has 0 saturated carbocycles. The average molecular weight is 241 g/mol. The van der Waals surface area contributed by atoms with Gasteiger partial charge in [-0.3, -0.25) is 4.79 Å². The Bertz CT molecular complexity index is 366. The summed E-state index contributed by atoms with van der Waals surface area (Å²) in [6, 6.07) is 9.79. The molecule has 1 heterocycles. The monoisotopic (exact) mass is 240 g/mol. The van der Waals surface area contributed by atoms with Crippen LogP contribution in [-0.2, 0) is 14.3 Å². The summed E-state index contributed by atoms with van der Waals surface area (Å²) in [7, 11) is 0. The van der Waals surface area contributed by atoms with Crippen LogP contribution in [0.2, 0.25) is 0 Å². The largest absolute Gasteiger partial charge is 0.434 e. The second-order valence-electron chi connectivity index (χ2n) is 3.76. The summed E-state index contributed by atoms with van der Waals surface area (Å²) < 4.78 is 10.6. The van der Waals surface area contributed by atoms with Gasteiger partial charge in [0.2, 0.25) is 6.29 Å². The Morgan fingerprint density at radius 2 is 2.12 bits per heavy atom. The number of rotatable bonds is 2. The van der Waals surface area contributed by atoms with Gasteiger partial charge in [-0.2, -0.15) is 0 Å². The standard InChI is InChI=1S/C12H13ClO3/c1-8(14)15-12-10(13)7-11(16-12)9-5-3-2-4-6-9/h2-6,10-12H,7H2,1H3/t10-,11+,12-/m0/s1. The van der Waals surface area contributed by atoms with E-state index in [1.54, 1.807) is 0 Å². The molecule has 4 heteroatoms. The van der Waals surface area contributed by atoms with E-state index in [9.17, 15) is 4.79 Å². The molecule has 0 bridgehead atoms. The van der Waals surface area contributed by atoms with Crippen LogP contribution in [0, 0.1) is 0 Å². The van der Waals surface area contributed by atoms with Gasteiger partial charge < -0.3 is 9.47 Å². The minimum absolute atomic E-state index is 0.0898. The third kappa shape index (κ3) is 2.54. The fraction of sp³-hybridized carbons (Fsp3) is 0.417. The number of ether oxygens (including phenoxy) is 2. The Morgan fingerprint density at radius 3 is 2.75 bits per heavy atom. The van der Waals surface area contributed by atoms with Crippen LogP contribution < -0.4 is 0 Å². The van der Waals surface area contributed by atoms with Crippen LogP contribution in [0.25, 0.3) is 0 Å². The second-order valence-corrected chi connectivity index (χ2v) is 4.33. The number of esters is 1. The van der Waals surface area contributed by atoms with Crippen molar-refractivity contribution in [3.63, 3.8) is 0 Å². The zero-order chi connectivity index (χ0) is 11.5. The number of benzene rings is 1. The van der Waals surface area contributed by atoms with E-state index in [1.807, 2.05) is 30.3 Å². The van der Waals surface area contributed by atoms with Crippen LogP contribution in [0.1, 0.15) is 25.0 Å². The Morgan fingerprint density at radius 1 is 1.44 bits per heavy atom. The first kappa shape index (κ1) is 11.4. The maximum Gasteiger partial charge on any atom is 0.304 e. The van der Waals surface area contributed by atoms with E-state index in [-0.39, 0.29) is 17.5 Å². The number of halogens is 1. The van der Waals surface area contributed by atoms with Crippen LogP contribution in [0.15, 0.2) is 30.3 Å². The van der Waals surface area contributed by atoms with Crippen LogP contribution in [-0.4, -0.2) is 17.6 Å². The predicted molar refractivity (Wildman–Crippen MR) is 60.1 cm³/mol. The van der Waals surface area contributed by atoms with E-state index in [0.29, 0.717) is 6.42 Å². The molecule has 0 aromatic heterocycles. The molecule has 0 N–H and O–H groups in total. The fourth-order valence-electron chi connectivity index (χ4n) is 1.77. The van der Waals surface area contributed by atoms with Gasteiger partial charge in [0.05, 0.1) is 11.5 Å². The highest BCUT2D eigenvalue weighted by Gasteiger charge is 2.36. The number of hydrogen-bond acceptors (Lipinski definition) is 3. The SMILES string of the molecule is CC(=O)O[C@H]1O[C@@H](c2ccccc2)C[C@@H]1Cl. The molecule has 0 unspecified atom stereocenters. The smallest absolute Gasteiger partial charge is 0.304 e. The zero-order valence-electron chi connectivity index (χ0n) is 8.93. The first-order valence-corrected chi connectivity index (χ1v) is 5.62. The summed E-state index contributed by atoms with van der Waals surface area (Å²) in [5, 5.41) is -0.283. The topological polar surface area (TPSA) is 35.5 Å². The molecule has 0 amide bonds. The second kappa shape index (κ2) is 4.85. The molecule has 1 aromatic carbocycles. The van der Waals surface area contributed by atoms with Gasteiger partial charge >= 0.3 is 5.97 Å². The van der Waals surface area contributed by atoms with Crippen molar-refractivity contribution in [2.24, 2.45) is 0 Å². The van der Waals surface area contributed by atoms with Crippen molar-refractivity contribution in [2.45, 2.75) is 31.1 Å². The highest BCUT2D eigenvalue weighted by atomic mass is 35.5. The van der Waals surface area contributed by atoms with Crippen molar-refractivity contribution >= 4 is 17.6 Å². The molecule has 16 heavy (non-hydrogen) atoms. The van der Waals surface area contributed by atoms with Crippen LogP contribution >= 0.6 is 11.6 Å². The highest BCUT2D eigenvalue weighted by molar-refractivity contribution is 6.21. The predicted octanol–water partition coefficient (Wildman–Crippen LogP) is 2.64. The highest BCUT2D eigenvalue weighted by Crippen LogP contribution is 2.36. The normalized spacial score (nSPS) is 29.0. The Kier molecular flexibility index (Phi) is 3.46. The minimum Gasteiger partial charge on any atom is -0.434 e. The number of hydrogen-bond donors (Lipinski definition) is 0. The summed E-state index contributed by atoms with van der Waals surface area (Å²) >= 11 is 6.06. The van der Waals surface area contributed by atoms with Crippen molar-refractivity contribution in [1.29, 1.82) is 0 Å². The van der Waals surface area contributed by atoms with E-state index in [4.69, 9.17) is 21.1 Å². The molecule has 86 valence electrons. The maximum absolute atomic E-state index is 10.8. The van der Waals surface area contributed by atoms with Crippen LogP contribution in [0.3, 0.4) is 0 Å². The van der Waals surface area contributed by atoms with Gasteiger partial charge in [0, 0.05) is 13.3 Å². The van der Waals surface area contributed by atoms with Gasteiger partial charge in [0.1, 0.15) is 0 Å². The number of carbonyl (C=O) groups is 1. The molecular weight excluding hydrogens is 228 g/mol. The van der Waals surface area contributed by atoms with E-state index in [2.05, 4.69) is 0 Å². The van der Waals surface area contributed by atoms with Crippen LogP contribution in [0.4, 0.5) is 0 Å². The summed E-state index contributed by atoms with van der Waals surface area (Å²) in [6.07, 6.45) is -0.0683. The van der Waals surface area contributed by atoms with Gasteiger partial charge in [0.25, 0.3) is 0 Å². The van der Waals surface area contributed by atoms with E-state index < -0.39 is 6.29 Å². The Balaban J connectivity index is 2.04. The van der Waals surface area contributed by atoms with E-state index >= 15 is 0 Å². The van der Waals surface area contributed by atoms with Gasteiger partial charge in [-0.15, -0.1) is 11.6 Å². The van der Waals surface area contributed by atoms with Crippen LogP contribution in [0.5, 0.6) is 0 Å². The summed E-state index contributed by atoms with van der Waals surface area (Å²) in [4.78, 5) is 10.8. The number of carbonyl (C=O) groups excluding carboxylic acids is 1. The maximum atomic E-state index is 10.8. The van der Waals surface area contributed by atoms with Crippen molar-refractivity contribution in [3.8, 4) is 0 Å². The molecule has 1 aromatic rings. The van der Waals surface area contributed by atoms with Gasteiger partial charge in [-0.1, -0.05) is 30.3 Å². The summed E-state index contributed by atoms with van der Waals surface area (Å²) in [6.45, 7) is 1.35. The lowest BCUT2D eigenvalue weighted by Crippen LogP contribution is -2.22. The minimum atomic E-state index is -0.635. The van der Waals surface area contributed by atoms with Crippen molar-refractivity contribution in [2.75, 3.05) is 0 Å². The van der Waals surface area contributed by atoms with E-state index in [0.717, 1.165) is 5.56 Å². The third-order valence-corrected chi connectivity index (χ3v) is 2.87. The molecule has 3 nitrogen and oxygen atoms in total. The van der Waals surface area contributed by atoms with Gasteiger partial charge in [-0.25, -0.2) is 0 Å². The molecule has 0 spiro atoms. The quantitative estimate of drug-likeness (QED) is 0.589. The summed E-state index contributed by atoms with van der Waals surface area (Å²) in [5.41, 5.74) is 1.06. The molecule has 3 atom stereocenters. The first-order valence-electron chi connectivity index (χ1n) is 5.18. The summed E-state index contributed by atoms with van der Waals surface area (Å²) in [5.74, 6) is -0.371. The lowest BCUT2D eigenvalue weighted by Gasteiger charge is -2.14. The molecule has 0 radical (unpaired) electrons. The molecule has 1 saturated heterocycles. The third-order valence-electron chi connectivity index (χ3n) is 2.49. The van der Waals surface area contributed by atoms with Crippen molar-refractivity contribution < 1.29 is 14.3 Å². The van der Waals surface area contributed by atoms with Crippen molar-refractivity contribution in [1.82, 2.24) is 0 Å². The molecule has 1 aliphatic heterocycles.